The van der Waals surface area contributed by atoms with E-state index in [2.05, 4.69) is 0 Å². The SMILES string of the molecule is CCCC1CC(N(CC(=O)O)CC(F)(F)F)CCO1. The van der Waals surface area contributed by atoms with Gasteiger partial charge < -0.3 is 9.84 Å². The number of rotatable bonds is 6. The van der Waals surface area contributed by atoms with Gasteiger partial charge in [-0.2, -0.15) is 13.2 Å². The highest BCUT2D eigenvalue weighted by atomic mass is 19.4. The van der Waals surface area contributed by atoms with Crippen molar-refractivity contribution in [2.75, 3.05) is 19.7 Å². The van der Waals surface area contributed by atoms with Gasteiger partial charge in [0.25, 0.3) is 0 Å². The monoisotopic (exact) mass is 283 g/mol. The smallest absolute Gasteiger partial charge is 0.401 e. The molecule has 1 saturated heterocycles. The molecule has 112 valence electrons. The van der Waals surface area contributed by atoms with Crippen molar-refractivity contribution in [3.8, 4) is 0 Å². The van der Waals surface area contributed by atoms with Gasteiger partial charge in [-0.25, -0.2) is 0 Å². The van der Waals surface area contributed by atoms with Crippen molar-refractivity contribution in [1.82, 2.24) is 4.90 Å². The van der Waals surface area contributed by atoms with Crippen molar-refractivity contribution in [2.45, 2.75) is 50.9 Å². The van der Waals surface area contributed by atoms with Gasteiger partial charge in [-0.15, -0.1) is 0 Å². The molecular formula is C12H20F3NO3. The van der Waals surface area contributed by atoms with Gasteiger partial charge in [-0.05, 0) is 19.3 Å². The molecule has 1 rings (SSSR count). The summed E-state index contributed by atoms with van der Waals surface area (Å²) >= 11 is 0. The lowest BCUT2D eigenvalue weighted by atomic mass is 9.98. The molecule has 4 nitrogen and oxygen atoms in total. The number of ether oxygens (including phenoxy) is 1. The summed E-state index contributed by atoms with van der Waals surface area (Å²) in [5.41, 5.74) is 0. The summed E-state index contributed by atoms with van der Waals surface area (Å²) in [6.45, 7) is 0.618. The largest absolute Gasteiger partial charge is 0.480 e. The van der Waals surface area contributed by atoms with Crippen LogP contribution in [0.15, 0.2) is 0 Å². The van der Waals surface area contributed by atoms with Crippen LogP contribution in [0.1, 0.15) is 32.6 Å². The summed E-state index contributed by atoms with van der Waals surface area (Å²) in [7, 11) is 0. The van der Waals surface area contributed by atoms with Gasteiger partial charge in [0.2, 0.25) is 0 Å². The fourth-order valence-corrected chi connectivity index (χ4v) is 2.43. The van der Waals surface area contributed by atoms with Crippen molar-refractivity contribution in [1.29, 1.82) is 0 Å². The van der Waals surface area contributed by atoms with Crippen LogP contribution in [-0.2, 0) is 9.53 Å². The van der Waals surface area contributed by atoms with Crippen molar-refractivity contribution in [3.05, 3.63) is 0 Å². The van der Waals surface area contributed by atoms with Crippen LogP contribution in [0.5, 0.6) is 0 Å². The summed E-state index contributed by atoms with van der Waals surface area (Å²) in [4.78, 5) is 11.7. The zero-order chi connectivity index (χ0) is 14.5. The molecule has 0 bridgehead atoms. The fourth-order valence-electron chi connectivity index (χ4n) is 2.43. The summed E-state index contributed by atoms with van der Waals surface area (Å²) < 4.78 is 42.9. The van der Waals surface area contributed by atoms with E-state index >= 15 is 0 Å². The lowest BCUT2D eigenvalue weighted by Crippen LogP contribution is -2.48. The highest BCUT2D eigenvalue weighted by molar-refractivity contribution is 5.69. The van der Waals surface area contributed by atoms with E-state index in [-0.39, 0.29) is 12.1 Å². The van der Waals surface area contributed by atoms with Crippen LogP contribution in [0, 0.1) is 0 Å². The van der Waals surface area contributed by atoms with E-state index in [9.17, 15) is 18.0 Å². The molecule has 0 aromatic rings. The molecule has 1 heterocycles. The van der Waals surface area contributed by atoms with Crippen LogP contribution in [0.4, 0.5) is 13.2 Å². The standard InChI is InChI=1S/C12H20F3NO3/c1-2-3-10-6-9(4-5-19-10)16(7-11(17)18)8-12(13,14)15/h9-10H,2-8H2,1H3,(H,17,18). The Hall–Kier alpha value is -0.820. The molecule has 0 saturated carbocycles. The Kier molecular flexibility index (Phi) is 6.06. The first-order valence-corrected chi connectivity index (χ1v) is 6.46. The minimum Gasteiger partial charge on any atom is -0.480 e. The number of halogens is 3. The molecule has 0 spiro atoms. The van der Waals surface area contributed by atoms with Crippen LogP contribution < -0.4 is 0 Å². The number of nitrogens with zero attached hydrogens (tertiary/aromatic N) is 1. The molecule has 2 unspecified atom stereocenters. The van der Waals surface area contributed by atoms with Crippen LogP contribution in [0.2, 0.25) is 0 Å². The van der Waals surface area contributed by atoms with Gasteiger partial charge in [0.15, 0.2) is 0 Å². The van der Waals surface area contributed by atoms with Gasteiger partial charge in [-0.1, -0.05) is 13.3 Å². The maximum Gasteiger partial charge on any atom is 0.401 e. The summed E-state index contributed by atoms with van der Waals surface area (Å²) in [6, 6.07) is -0.372. The first-order valence-electron chi connectivity index (χ1n) is 6.46. The zero-order valence-electron chi connectivity index (χ0n) is 10.9. The number of carbonyl (C=O) groups is 1. The molecule has 1 N–H and O–H groups in total. The Balaban J connectivity index is 2.64. The van der Waals surface area contributed by atoms with Crippen LogP contribution >= 0.6 is 0 Å². The molecule has 1 aliphatic rings. The Morgan fingerprint density at radius 3 is 2.68 bits per heavy atom. The molecule has 2 atom stereocenters. The average molecular weight is 283 g/mol. The highest BCUT2D eigenvalue weighted by Gasteiger charge is 2.36. The Labute approximate surface area is 110 Å². The first kappa shape index (κ1) is 16.2. The van der Waals surface area contributed by atoms with Gasteiger partial charge in [0.1, 0.15) is 0 Å². The molecule has 0 aromatic carbocycles. The second-order valence-corrected chi connectivity index (χ2v) is 4.87. The quantitative estimate of drug-likeness (QED) is 0.812. The third kappa shape index (κ3) is 6.24. The molecule has 7 heteroatoms. The number of carboxylic acid groups (broad SMARTS) is 1. The molecule has 1 aliphatic heterocycles. The van der Waals surface area contributed by atoms with E-state index in [4.69, 9.17) is 9.84 Å². The van der Waals surface area contributed by atoms with Crippen molar-refractivity contribution in [2.24, 2.45) is 0 Å². The van der Waals surface area contributed by atoms with E-state index in [1.807, 2.05) is 6.92 Å². The van der Waals surface area contributed by atoms with Gasteiger partial charge in [0, 0.05) is 12.6 Å². The molecule has 0 aliphatic carbocycles. The maximum absolute atomic E-state index is 12.5. The number of alkyl halides is 3. The third-order valence-electron chi connectivity index (χ3n) is 3.19. The van der Waals surface area contributed by atoms with Crippen LogP contribution in [0.3, 0.4) is 0 Å². The van der Waals surface area contributed by atoms with E-state index in [0.29, 0.717) is 19.4 Å². The minimum absolute atomic E-state index is 0.0618. The molecule has 1 fully saturated rings. The topological polar surface area (TPSA) is 49.8 Å². The minimum atomic E-state index is -4.38. The van der Waals surface area contributed by atoms with Crippen LogP contribution in [0.25, 0.3) is 0 Å². The van der Waals surface area contributed by atoms with Gasteiger partial charge in [0.05, 0.1) is 19.2 Å². The molecule has 0 amide bonds. The molecule has 0 aromatic heterocycles. The summed E-state index contributed by atoms with van der Waals surface area (Å²) in [5.74, 6) is -1.23. The maximum atomic E-state index is 12.5. The third-order valence-corrected chi connectivity index (χ3v) is 3.19. The highest BCUT2D eigenvalue weighted by Crippen LogP contribution is 2.25. The predicted octanol–water partition coefficient (Wildman–Crippen LogP) is 2.28. The number of aliphatic carboxylic acids is 1. The summed E-state index contributed by atoms with van der Waals surface area (Å²) in [5, 5.41) is 8.74. The summed E-state index contributed by atoms with van der Waals surface area (Å²) in [6.07, 6.45) is -1.83. The zero-order valence-corrected chi connectivity index (χ0v) is 10.9. The number of hydrogen-bond acceptors (Lipinski definition) is 3. The van der Waals surface area contributed by atoms with Crippen molar-refractivity contribution in [3.63, 3.8) is 0 Å². The average Bonchev–Trinajstić information content (AvgIpc) is 2.26. The lowest BCUT2D eigenvalue weighted by molar-refractivity contribution is -0.163. The van der Waals surface area contributed by atoms with Gasteiger partial charge >= 0.3 is 12.1 Å². The molecule has 0 radical (unpaired) electrons. The number of hydrogen-bond donors (Lipinski definition) is 1. The second kappa shape index (κ2) is 7.09. The Morgan fingerprint density at radius 1 is 1.47 bits per heavy atom. The van der Waals surface area contributed by atoms with Crippen molar-refractivity contribution < 1.29 is 27.8 Å². The van der Waals surface area contributed by atoms with E-state index < -0.39 is 25.2 Å². The van der Waals surface area contributed by atoms with Gasteiger partial charge in [-0.3, -0.25) is 9.69 Å². The predicted molar refractivity (Wildman–Crippen MR) is 62.9 cm³/mol. The van der Waals surface area contributed by atoms with Crippen molar-refractivity contribution >= 4 is 5.97 Å². The Morgan fingerprint density at radius 2 is 2.16 bits per heavy atom. The first-order chi connectivity index (χ1) is 8.81. The number of carboxylic acids is 1. The van der Waals surface area contributed by atoms with E-state index in [1.165, 1.54) is 0 Å². The van der Waals surface area contributed by atoms with E-state index in [0.717, 1.165) is 17.7 Å². The lowest BCUT2D eigenvalue weighted by Gasteiger charge is -2.37. The van der Waals surface area contributed by atoms with Crippen LogP contribution in [-0.4, -0.2) is 54.0 Å². The molecule has 19 heavy (non-hydrogen) atoms. The molecular weight excluding hydrogens is 263 g/mol. The fraction of sp³-hybridized carbons (Fsp3) is 0.917. The normalized spacial score (nSPS) is 24.7. The van der Waals surface area contributed by atoms with E-state index in [1.54, 1.807) is 0 Å². The Bertz CT molecular complexity index is 294. The second-order valence-electron chi connectivity index (χ2n) is 4.87.